The van der Waals surface area contributed by atoms with Crippen LogP contribution in [-0.4, -0.2) is 41.5 Å². The van der Waals surface area contributed by atoms with Crippen LogP contribution in [0.25, 0.3) is 22.0 Å². The van der Waals surface area contributed by atoms with Gasteiger partial charge in [0.15, 0.2) is 10.8 Å². The molecule has 5 nitrogen and oxygen atoms in total. The Kier molecular flexibility index (Phi) is 7.44. The second-order valence-electron chi connectivity index (χ2n) is 6.15. The van der Waals surface area contributed by atoms with Crippen molar-refractivity contribution in [2.45, 2.75) is 13.0 Å². The van der Waals surface area contributed by atoms with Crippen LogP contribution in [0.3, 0.4) is 0 Å². The largest absolute Gasteiger partial charge is 0.462 e. The minimum Gasteiger partial charge on any atom is -0.462 e. The summed E-state index contributed by atoms with van der Waals surface area (Å²) in [4.78, 5) is 20.5. The van der Waals surface area contributed by atoms with E-state index in [9.17, 15) is 4.79 Å². The lowest BCUT2D eigenvalue weighted by Crippen LogP contribution is -2.51. The lowest BCUT2D eigenvalue weighted by molar-refractivity contribution is 0.0714. The van der Waals surface area contributed by atoms with Gasteiger partial charge in [-0.3, -0.25) is 4.79 Å². The second kappa shape index (κ2) is 9.37. The van der Waals surface area contributed by atoms with Gasteiger partial charge in [0.2, 0.25) is 0 Å². The molecule has 1 N–H and O–H groups in total. The highest BCUT2D eigenvalue weighted by Gasteiger charge is 2.27. The van der Waals surface area contributed by atoms with Gasteiger partial charge < -0.3 is 14.6 Å². The lowest BCUT2D eigenvalue weighted by Gasteiger charge is -2.31. The van der Waals surface area contributed by atoms with E-state index in [1.807, 2.05) is 47.4 Å². The minimum atomic E-state index is 0. The van der Waals surface area contributed by atoms with Gasteiger partial charge in [-0.15, -0.1) is 36.2 Å². The number of piperazine rings is 1. The van der Waals surface area contributed by atoms with E-state index in [-0.39, 0.29) is 30.7 Å². The van der Waals surface area contributed by atoms with Crippen molar-refractivity contribution in [1.82, 2.24) is 15.2 Å². The first-order valence-electron chi connectivity index (χ1n) is 8.35. The third kappa shape index (κ3) is 4.52. The number of hydrogen-bond donors (Lipinski definition) is 1. The van der Waals surface area contributed by atoms with E-state index < -0.39 is 0 Å². The van der Waals surface area contributed by atoms with E-state index in [4.69, 9.17) is 9.40 Å². The zero-order valence-electron chi connectivity index (χ0n) is 14.8. The molecule has 1 saturated heterocycles. The smallest absolute Gasteiger partial charge is 0.266 e. The number of carbonyl (C=O) groups is 1. The summed E-state index contributed by atoms with van der Waals surface area (Å²) in [5, 5.41) is 4.10. The number of hydrogen-bond acceptors (Lipinski definition) is 5. The van der Waals surface area contributed by atoms with Crippen LogP contribution in [0, 0.1) is 0 Å². The summed E-state index contributed by atoms with van der Waals surface area (Å²) in [6.07, 6.45) is 1.62. The second-order valence-corrected chi connectivity index (χ2v) is 7.15. The fraction of sp³-hybridized carbons (Fsp3) is 0.263. The van der Waals surface area contributed by atoms with Crippen LogP contribution in [0.5, 0.6) is 0 Å². The van der Waals surface area contributed by atoms with Crippen molar-refractivity contribution in [3.05, 3.63) is 53.6 Å². The summed E-state index contributed by atoms with van der Waals surface area (Å²) in [6.45, 7) is 4.34. The topological polar surface area (TPSA) is 58.4 Å². The minimum absolute atomic E-state index is 0. The number of nitrogens with one attached hydrogen (secondary N) is 1. The van der Waals surface area contributed by atoms with E-state index in [1.165, 1.54) is 11.3 Å². The number of amides is 1. The van der Waals surface area contributed by atoms with Crippen molar-refractivity contribution < 1.29 is 9.21 Å². The summed E-state index contributed by atoms with van der Waals surface area (Å²) in [5.41, 5.74) is 1.68. The molecule has 3 aromatic rings. The lowest BCUT2D eigenvalue weighted by atomic mass is 10.1. The van der Waals surface area contributed by atoms with Gasteiger partial charge in [-0.25, -0.2) is 4.98 Å². The fourth-order valence-corrected chi connectivity index (χ4v) is 4.05. The van der Waals surface area contributed by atoms with Gasteiger partial charge in [0.1, 0.15) is 4.88 Å². The molecular formula is C19H21Cl2N3O2S. The van der Waals surface area contributed by atoms with E-state index in [2.05, 4.69) is 12.2 Å². The van der Waals surface area contributed by atoms with Gasteiger partial charge in [-0.1, -0.05) is 30.3 Å². The molecule has 27 heavy (non-hydrogen) atoms. The summed E-state index contributed by atoms with van der Waals surface area (Å²) < 4.78 is 5.48. The number of aromatic nitrogens is 1. The molecule has 144 valence electrons. The van der Waals surface area contributed by atoms with E-state index in [0.717, 1.165) is 22.8 Å². The Morgan fingerprint density at radius 3 is 2.67 bits per heavy atom. The molecule has 0 spiro atoms. The molecule has 0 saturated carbocycles. The molecule has 1 unspecified atom stereocenters. The monoisotopic (exact) mass is 425 g/mol. The maximum absolute atomic E-state index is 13.2. The van der Waals surface area contributed by atoms with Crippen molar-refractivity contribution in [3.63, 3.8) is 0 Å². The molecule has 1 fully saturated rings. The third-order valence-corrected chi connectivity index (χ3v) is 5.31. The maximum Gasteiger partial charge on any atom is 0.266 e. The first-order valence-corrected chi connectivity index (χ1v) is 9.17. The number of furan rings is 1. The Labute approximate surface area is 174 Å². The van der Waals surface area contributed by atoms with Crippen LogP contribution in [0.4, 0.5) is 0 Å². The molecule has 1 aromatic carbocycles. The number of nitrogens with zero attached hydrogens (tertiary/aromatic N) is 2. The van der Waals surface area contributed by atoms with Gasteiger partial charge in [0.05, 0.1) is 12.0 Å². The maximum atomic E-state index is 13.2. The molecule has 1 aliphatic heterocycles. The zero-order chi connectivity index (χ0) is 17.2. The van der Waals surface area contributed by atoms with Gasteiger partial charge in [-0.2, -0.15) is 0 Å². The van der Waals surface area contributed by atoms with Crippen LogP contribution in [0.2, 0.25) is 0 Å². The van der Waals surface area contributed by atoms with Crippen LogP contribution in [0.1, 0.15) is 16.6 Å². The molecule has 4 rings (SSSR count). The highest BCUT2D eigenvalue weighted by molar-refractivity contribution is 7.17. The Morgan fingerprint density at radius 2 is 2.00 bits per heavy atom. The van der Waals surface area contributed by atoms with E-state index >= 15 is 0 Å². The molecular weight excluding hydrogens is 405 g/mol. The Hall–Kier alpha value is -1.86. The normalized spacial score (nSPS) is 16.3. The van der Waals surface area contributed by atoms with Crippen molar-refractivity contribution in [1.29, 1.82) is 0 Å². The molecule has 0 aliphatic carbocycles. The van der Waals surface area contributed by atoms with Crippen LogP contribution < -0.4 is 5.32 Å². The molecule has 0 bridgehead atoms. The van der Waals surface area contributed by atoms with Gasteiger partial charge >= 0.3 is 0 Å². The molecule has 2 aromatic heterocycles. The molecule has 3 heterocycles. The van der Waals surface area contributed by atoms with Crippen molar-refractivity contribution >= 4 is 42.1 Å². The number of halogens is 2. The standard InChI is InChI=1S/C19H19N3O2S.2ClH/c1-13-12-22(10-9-20-13)19(23)17-16(14-6-3-2-4-7-14)21-18(25-17)15-8-5-11-24-15;;/h2-8,11,13,20H,9-10,12H2,1H3;2*1H. The van der Waals surface area contributed by atoms with E-state index in [0.29, 0.717) is 29.8 Å². The number of benzene rings is 1. The van der Waals surface area contributed by atoms with Crippen LogP contribution in [-0.2, 0) is 0 Å². The summed E-state index contributed by atoms with van der Waals surface area (Å²) in [7, 11) is 0. The summed E-state index contributed by atoms with van der Waals surface area (Å²) >= 11 is 1.40. The van der Waals surface area contributed by atoms with Gasteiger partial charge in [0.25, 0.3) is 5.91 Å². The van der Waals surface area contributed by atoms with Gasteiger partial charge in [0, 0.05) is 31.2 Å². The summed E-state index contributed by atoms with van der Waals surface area (Å²) in [6, 6.07) is 13.9. The quantitative estimate of drug-likeness (QED) is 0.677. The van der Waals surface area contributed by atoms with Crippen LogP contribution >= 0.6 is 36.2 Å². The zero-order valence-corrected chi connectivity index (χ0v) is 17.2. The average Bonchev–Trinajstić information content (AvgIpc) is 3.31. The molecule has 8 heteroatoms. The van der Waals surface area contributed by atoms with Crippen molar-refractivity contribution in [2.75, 3.05) is 19.6 Å². The predicted octanol–water partition coefficient (Wildman–Crippen LogP) is 4.35. The molecule has 1 amide bonds. The highest BCUT2D eigenvalue weighted by Crippen LogP contribution is 2.35. The third-order valence-electron chi connectivity index (χ3n) is 4.26. The van der Waals surface area contributed by atoms with Crippen molar-refractivity contribution in [2.24, 2.45) is 0 Å². The van der Waals surface area contributed by atoms with E-state index in [1.54, 1.807) is 6.26 Å². The fourth-order valence-electron chi connectivity index (χ4n) is 3.02. The Bertz CT molecular complexity index is 868. The number of rotatable bonds is 3. The van der Waals surface area contributed by atoms with Crippen molar-refractivity contribution in [3.8, 4) is 22.0 Å². The Morgan fingerprint density at radius 1 is 1.22 bits per heavy atom. The molecule has 1 aliphatic rings. The summed E-state index contributed by atoms with van der Waals surface area (Å²) in [5.74, 6) is 0.734. The average molecular weight is 426 g/mol. The first kappa shape index (κ1) is 21.4. The number of thiazole rings is 1. The first-order chi connectivity index (χ1) is 12.2. The molecule has 0 radical (unpaired) electrons. The predicted molar refractivity (Wildman–Crippen MR) is 113 cm³/mol. The molecule has 1 atom stereocenters. The van der Waals surface area contributed by atoms with Crippen LogP contribution in [0.15, 0.2) is 53.1 Å². The Balaban J connectivity index is 0.00000131. The number of carbonyl (C=O) groups excluding carboxylic acids is 1. The van der Waals surface area contributed by atoms with Gasteiger partial charge in [-0.05, 0) is 19.1 Å². The highest BCUT2D eigenvalue weighted by atomic mass is 35.5. The SMILES string of the molecule is CC1CN(C(=O)c2sc(-c3ccco3)nc2-c2ccccc2)CCN1.Cl.Cl.